The molecule has 19 heavy (non-hydrogen) atoms. The number of hydrogen-bond acceptors (Lipinski definition) is 3. The first-order valence-electron chi connectivity index (χ1n) is 7.74. The first kappa shape index (κ1) is 14.8. The molecule has 0 aromatic heterocycles. The Morgan fingerprint density at radius 3 is 2.53 bits per heavy atom. The normalized spacial score (nSPS) is 30.5. The SMILES string of the molecule is CC1CCNC1C(=O)NCC1(N(C)C)CCCCC1. The maximum absolute atomic E-state index is 12.3. The highest BCUT2D eigenvalue weighted by molar-refractivity contribution is 5.82. The topological polar surface area (TPSA) is 44.4 Å². The van der Waals surface area contributed by atoms with Gasteiger partial charge in [0.1, 0.15) is 0 Å². The summed E-state index contributed by atoms with van der Waals surface area (Å²) in [6.45, 7) is 3.92. The quantitative estimate of drug-likeness (QED) is 0.808. The highest BCUT2D eigenvalue weighted by Gasteiger charge is 2.36. The standard InChI is InChI=1S/C15H29N3O/c1-12-7-10-16-13(12)14(19)17-11-15(18(2)3)8-5-4-6-9-15/h12-13,16H,4-11H2,1-3H3,(H,17,19). The minimum atomic E-state index is 0.0165. The molecular weight excluding hydrogens is 238 g/mol. The molecule has 4 nitrogen and oxygen atoms in total. The van der Waals surface area contributed by atoms with E-state index in [0.29, 0.717) is 5.92 Å². The lowest BCUT2D eigenvalue weighted by molar-refractivity contribution is -0.124. The van der Waals surface area contributed by atoms with Crippen molar-refractivity contribution in [2.45, 2.75) is 57.0 Å². The lowest BCUT2D eigenvalue weighted by Crippen LogP contribution is -2.56. The van der Waals surface area contributed by atoms with Gasteiger partial charge in [-0.15, -0.1) is 0 Å². The number of nitrogens with one attached hydrogen (secondary N) is 2. The van der Waals surface area contributed by atoms with E-state index in [2.05, 4.69) is 36.6 Å². The zero-order valence-electron chi connectivity index (χ0n) is 12.7. The van der Waals surface area contributed by atoms with Crippen molar-refractivity contribution in [2.75, 3.05) is 27.2 Å². The van der Waals surface area contributed by atoms with Crippen molar-refractivity contribution in [2.24, 2.45) is 5.92 Å². The van der Waals surface area contributed by atoms with Gasteiger partial charge in [-0.3, -0.25) is 4.79 Å². The molecule has 0 aromatic carbocycles. The fourth-order valence-electron chi connectivity index (χ4n) is 3.54. The Morgan fingerprint density at radius 1 is 1.32 bits per heavy atom. The van der Waals surface area contributed by atoms with Crippen LogP contribution in [0.15, 0.2) is 0 Å². The summed E-state index contributed by atoms with van der Waals surface area (Å²) in [4.78, 5) is 14.6. The molecule has 2 rings (SSSR count). The average Bonchev–Trinajstić information content (AvgIpc) is 2.83. The Labute approximate surface area is 117 Å². The minimum absolute atomic E-state index is 0.0165. The second-order valence-corrected chi connectivity index (χ2v) is 6.59. The molecule has 1 amide bonds. The number of hydrogen-bond donors (Lipinski definition) is 2. The van der Waals surface area contributed by atoms with E-state index < -0.39 is 0 Å². The Balaban J connectivity index is 1.90. The van der Waals surface area contributed by atoms with Crippen LogP contribution in [0, 0.1) is 5.92 Å². The van der Waals surface area contributed by atoms with Gasteiger partial charge in [-0.2, -0.15) is 0 Å². The fourth-order valence-corrected chi connectivity index (χ4v) is 3.54. The van der Waals surface area contributed by atoms with E-state index in [-0.39, 0.29) is 17.5 Å². The van der Waals surface area contributed by atoms with E-state index in [4.69, 9.17) is 0 Å². The van der Waals surface area contributed by atoms with Gasteiger partial charge in [-0.05, 0) is 45.8 Å². The van der Waals surface area contributed by atoms with Crippen LogP contribution in [0.4, 0.5) is 0 Å². The van der Waals surface area contributed by atoms with Gasteiger partial charge in [0.05, 0.1) is 6.04 Å². The summed E-state index contributed by atoms with van der Waals surface area (Å²) in [6.07, 6.45) is 7.42. The van der Waals surface area contributed by atoms with Crippen LogP contribution < -0.4 is 10.6 Å². The maximum Gasteiger partial charge on any atom is 0.237 e. The first-order valence-corrected chi connectivity index (χ1v) is 7.74. The minimum Gasteiger partial charge on any atom is -0.353 e. The van der Waals surface area contributed by atoms with Crippen molar-refractivity contribution in [3.8, 4) is 0 Å². The average molecular weight is 267 g/mol. The molecule has 2 fully saturated rings. The van der Waals surface area contributed by atoms with Crippen LogP contribution in [0.3, 0.4) is 0 Å². The smallest absolute Gasteiger partial charge is 0.237 e. The molecule has 1 aliphatic carbocycles. The first-order chi connectivity index (χ1) is 9.05. The third kappa shape index (κ3) is 3.29. The predicted molar refractivity (Wildman–Crippen MR) is 78.1 cm³/mol. The number of likely N-dealkylation sites (N-methyl/N-ethyl adjacent to an activating group) is 1. The molecule has 2 unspecified atom stereocenters. The van der Waals surface area contributed by atoms with Gasteiger partial charge in [0.2, 0.25) is 5.91 Å². The van der Waals surface area contributed by atoms with E-state index in [1.54, 1.807) is 0 Å². The number of amides is 1. The molecule has 110 valence electrons. The van der Waals surface area contributed by atoms with Crippen molar-refractivity contribution >= 4 is 5.91 Å². The van der Waals surface area contributed by atoms with Crippen LogP contribution in [0.5, 0.6) is 0 Å². The summed E-state index contributed by atoms with van der Waals surface area (Å²) in [6, 6.07) is 0.0165. The number of nitrogens with zero attached hydrogens (tertiary/aromatic N) is 1. The predicted octanol–water partition coefficient (Wildman–Crippen LogP) is 1.37. The number of carbonyl (C=O) groups excluding carboxylic acids is 1. The van der Waals surface area contributed by atoms with Crippen LogP contribution in [0.2, 0.25) is 0 Å². The third-order valence-electron chi connectivity index (χ3n) is 5.14. The van der Waals surface area contributed by atoms with Gasteiger partial charge < -0.3 is 15.5 Å². The summed E-state index contributed by atoms with van der Waals surface area (Å²) in [5.41, 5.74) is 0.176. The molecule has 1 saturated heterocycles. The third-order valence-corrected chi connectivity index (χ3v) is 5.14. The van der Waals surface area contributed by atoms with Gasteiger partial charge in [0, 0.05) is 12.1 Å². The van der Waals surface area contributed by atoms with Crippen molar-refractivity contribution in [1.29, 1.82) is 0 Å². The van der Waals surface area contributed by atoms with E-state index >= 15 is 0 Å². The van der Waals surface area contributed by atoms with Gasteiger partial charge in [-0.1, -0.05) is 26.2 Å². The summed E-state index contributed by atoms with van der Waals surface area (Å²) in [5, 5.41) is 6.51. The molecule has 0 spiro atoms. The summed E-state index contributed by atoms with van der Waals surface area (Å²) >= 11 is 0. The highest BCUT2D eigenvalue weighted by atomic mass is 16.2. The molecule has 2 N–H and O–H groups in total. The largest absolute Gasteiger partial charge is 0.353 e. The molecular formula is C15H29N3O. The number of carbonyl (C=O) groups is 1. The Hall–Kier alpha value is -0.610. The second kappa shape index (κ2) is 6.23. The van der Waals surface area contributed by atoms with E-state index in [1.165, 1.54) is 32.1 Å². The fraction of sp³-hybridized carbons (Fsp3) is 0.933. The molecule has 0 aromatic rings. The summed E-state index contributed by atoms with van der Waals surface area (Å²) in [5.74, 6) is 0.651. The summed E-state index contributed by atoms with van der Waals surface area (Å²) in [7, 11) is 4.29. The lowest BCUT2D eigenvalue weighted by atomic mass is 9.80. The monoisotopic (exact) mass is 267 g/mol. The molecule has 4 heteroatoms. The zero-order valence-corrected chi connectivity index (χ0v) is 12.7. The highest BCUT2D eigenvalue weighted by Crippen LogP contribution is 2.31. The van der Waals surface area contributed by atoms with Crippen LogP contribution in [0.1, 0.15) is 45.4 Å². The number of rotatable bonds is 4. The molecule has 1 saturated carbocycles. The Kier molecular flexibility index (Phi) is 4.85. The molecule has 1 aliphatic heterocycles. The van der Waals surface area contributed by atoms with Crippen LogP contribution >= 0.6 is 0 Å². The maximum atomic E-state index is 12.3. The van der Waals surface area contributed by atoms with Crippen molar-refractivity contribution < 1.29 is 4.79 Å². The van der Waals surface area contributed by atoms with E-state index in [1.807, 2.05) is 0 Å². The molecule has 0 radical (unpaired) electrons. The van der Waals surface area contributed by atoms with Crippen LogP contribution in [-0.2, 0) is 4.79 Å². The molecule has 1 heterocycles. The van der Waals surface area contributed by atoms with Gasteiger partial charge in [0.15, 0.2) is 0 Å². The second-order valence-electron chi connectivity index (χ2n) is 6.59. The lowest BCUT2D eigenvalue weighted by Gasteiger charge is -2.43. The van der Waals surface area contributed by atoms with Crippen molar-refractivity contribution in [1.82, 2.24) is 15.5 Å². The van der Waals surface area contributed by atoms with Gasteiger partial charge in [0.25, 0.3) is 0 Å². The Bertz CT molecular complexity index is 311. The Morgan fingerprint density at radius 2 is 2.00 bits per heavy atom. The molecule has 0 bridgehead atoms. The summed E-state index contributed by atoms with van der Waals surface area (Å²) < 4.78 is 0. The molecule has 2 atom stereocenters. The van der Waals surface area contributed by atoms with Gasteiger partial charge >= 0.3 is 0 Å². The van der Waals surface area contributed by atoms with Crippen molar-refractivity contribution in [3.05, 3.63) is 0 Å². The van der Waals surface area contributed by atoms with Crippen molar-refractivity contribution in [3.63, 3.8) is 0 Å². The van der Waals surface area contributed by atoms with Crippen LogP contribution in [0.25, 0.3) is 0 Å². The molecule has 2 aliphatic rings. The van der Waals surface area contributed by atoms with Gasteiger partial charge in [-0.25, -0.2) is 0 Å². The van der Waals surface area contributed by atoms with E-state index in [9.17, 15) is 4.79 Å². The van der Waals surface area contributed by atoms with E-state index in [0.717, 1.165) is 19.5 Å². The zero-order chi connectivity index (χ0) is 13.9. The van der Waals surface area contributed by atoms with Crippen LogP contribution in [-0.4, -0.2) is 49.6 Å².